The summed E-state index contributed by atoms with van der Waals surface area (Å²) in [4.78, 5) is 10.8. The quantitative estimate of drug-likeness (QED) is 0.266. The van der Waals surface area contributed by atoms with Gasteiger partial charge in [-0.3, -0.25) is 4.79 Å². The molecule has 30 heavy (non-hydrogen) atoms. The molecule has 0 heterocycles. The number of aryl methyl sites for hydroxylation is 1. The maximum atomic E-state index is 14.5. The number of benzene rings is 2. The Labute approximate surface area is 172 Å². The second-order valence-corrected chi connectivity index (χ2v) is 8.87. The van der Waals surface area contributed by atoms with E-state index in [1.54, 1.807) is 32.9 Å². The van der Waals surface area contributed by atoms with Crippen molar-refractivity contribution in [2.45, 2.75) is 57.8 Å². The minimum atomic E-state index is -5.86. The molecule has 4 nitrogen and oxygen atoms in total. The standard InChI is InChI=1S/C21H22F4O4S/c1-6-11-7-12(9(2)3)8-13(10(4)5)14(11)20(26)15-16(22)18(24)21(30(27,28)29)19(25)17(15)23/h7-10H,6H2,1-5H3,(H,27,28,29)/p-1. The zero-order valence-corrected chi connectivity index (χ0v) is 17.9. The van der Waals surface area contributed by atoms with Gasteiger partial charge >= 0.3 is 0 Å². The summed E-state index contributed by atoms with van der Waals surface area (Å²) in [6.07, 6.45) is 0.294. The Balaban J connectivity index is 2.91. The topological polar surface area (TPSA) is 74.3 Å². The van der Waals surface area contributed by atoms with Crippen molar-refractivity contribution in [1.82, 2.24) is 0 Å². The molecule has 0 amide bonds. The summed E-state index contributed by atoms with van der Waals surface area (Å²) in [5, 5.41) is 0. The average molecular weight is 445 g/mol. The number of hydrogen-bond donors (Lipinski definition) is 0. The Morgan fingerprint density at radius 3 is 1.77 bits per heavy atom. The van der Waals surface area contributed by atoms with Crippen LogP contribution < -0.4 is 0 Å². The van der Waals surface area contributed by atoms with E-state index in [1.807, 2.05) is 13.8 Å². The fourth-order valence-electron chi connectivity index (χ4n) is 3.25. The highest BCUT2D eigenvalue weighted by Crippen LogP contribution is 2.34. The van der Waals surface area contributed by atoms with Crippen LogP contribution in [-0.2, 0) is 16.5 Å². The van der Waals surface area contributed by atoms with E-state index in [1.165, 1.54) is 0 Å². The van der Waals surface area contributed by atoms with Crippen molar-refractivity contribution in [2.24, 2.45) is 0 Å². The highest BCUT2D eigenvalue weighted by molar-refractivity contribution is 7.85. The largest absolute Gasteiger partial charge is 0.744 e. The monoisotopic (exact) mass is 445 g/mol. The normalized spacial score (nSPS) is 12.1. The van der Waals surface area contributed by atoms with Crippen molar-refractivity contribution < 1.29 is 35.3 Å². The lowest BCUT2D eigenvalue weighted by Crippen LogP contribution is -2.19. The molecule has 0 saturated carbocycles. The molecule has 0 aliphatic rings. The number of rotatable bonds is 6. The van der Waals surface area contributed by atoms with Crippen LogP contribution >= 0.6 is 0 Å². The van der Waals surface area contributed by atoms with Crippen LogP contribution in [0.3, 0.4) is 0 Å². The number of carbonyl (C=O) groups excluding carboxylic acids is 1. The third kappa shape index (κ3) is 4.13. The van der Waals surface area contributed by atoms with Gasteiger partial charge in [-0.05, 0) is 34.9 Å². The molecule has 0 fully saturated rings. The van der Waals surface area contributed by atoms with Gasteiger partial charge in [-0.25, -0.2) is 26.0 Å². The van der Waals surface area contributed by atoms with Gasteiger partial charge in [-0.15, -0.1) is 0 Å². The SMILES string of the molecule is CCc1cc(C(C)C)cc(C(C)C)c1C(=O)c1c(F)c(F)c(S(=O)(=O)[O-])c(F)c1F. The number of hydrogen-bond acceptors (Lipinski definition) is 4. The zero-order valence-electron chi connectivity index (χ0n) is 17.1. The second kappa shape index (κ2) is 8.47. The van der Waals surface area contributed by atoms with Gasteiger partial charge in [-0.1, -0.05) is 46.8 Å². The lowest BCUT2D eigenvalue weighted by Gasteiger charge is -2.21. The predicted molar refractivity (Wildman–Crippen MR) is 102 cm³/mol. The fourth-order valence-corrected chi connectivity index (χ4v) is 3.87. The second-order valence-electron chi connectivity index (χ2n) is 7.55. The molecular formula is C21H21F4O4S-. The molecule has 2 aromatic rings. The van der Waals surface area contributed by atoms with Crippen LogP contribution in [-0.4, -0.2) is 18.8 Å². The lowest BCUT2D eigenvalue weighted by atomic mass is 9.84. The summed E-state index contributed by atoms with van der Waals surface area (Å²) in [6, 6.07) is 3.38. The van der Waals surface area contributed by atoms with Crippen molar-refractivity contribution in [3.63, 3.8) is 0 Å². The first-order valence-corrected chi connectivity index (χ1v) is 10.7. The van der Waals surface area contributed by atoms with Crippen LogP contribution in [0.5, 0.6) is 0 Å². The van der Waals surface area contributed by atoms with E-state index in [0.29, 0.717) is 17.5 Å². The number of halogens is 4. The van der Waals surface area contributed by atoms with Crippen LogP contribution in [0.1, 0.15) is 79.1 Å². The van der Waals surface area contributed by atoms with Crippen LogP contribution in [0.4, 0.5) is 17.6 Å². The van der Waals surface area contributed by atoms with Crippen LogP contribution in [0.2, 0.25) is 0 Å². The van der Waals surface area contributed by atoms with Crippen molar-refractivity contribution in [3.05, 3.63) is 63.2 Å². The van der Waals surface area contributed by atoms with Gasteiger partial charge in [0.2, 0.25) is 0 Å². The first-order chi connectivity index (χ1) is 13.7. The first-order valence-electron chi connectivity index (χ1n) is 9.27. The summed E-state index contributed by atoms with van der Waals surface area (Å²) in [5.41, 5.74) is 0.0500. The summed E-state index contributed by atoms with van der Waals surface area (Å²) in [5.74, 6) is -10.8. The summed E-state index contributed by atoms with van der Waals surface area (Å²) in [7, 11) is -5.86. The molecule has 0 aromatic heterocycles. The Bertz CT molecular complexity index is 1090. The van der Waals surface area contributed by atoms with Crippen molar-refractivity contribution in [1.29, 1.82) is 0 Å². The molecule has 0 radical (unpaired) electrons. The maximum Gasteiger partial charge on any atom is 0.199 e. The molecule has 0 aliphatic carbocycles. The smallest absolute Gasteiger partial charge is 0.199 e. The van der Waals surface area contributed by atoms with Crippen molar-refractivity contribution >= 4 is 15.9 Å². The summed E-state index contributed by atoms with van der Waals surface area (Å²) in [6.45, 7) is 9.05. The molecule has 164 valence electrons. The van der Waals surface area contributed by atoms with Gasteiger partial charge in [-0.2, -0.15) is 0 Å². The van der Waals surface area contributed by atoms with Crippen molar-refractivity contribution in [2.75, 3.05) is 0 Å². The van der Waals surface area contributed by atoms with E-state index >= 15 is 0 Å². The summed E-state index contributed by atoms with van der Waals surface area (Å²) < 4.78 is 90.5. The maximum absolute atomic E-state index is 14.5. The highest BCUT2D eigenvalue weighted by atomic mass is 32.2. The van der Waals surface area contributed by atoms with Gasteiger partial charge in [0.15, 0.2) is 29.1 Å². The van der Waals surface area contributed by atoms with Crippen LogP contribution in [0.25, 0.3) is 0 Å². The molecule has 2 rings (SSSR count). The van der Waals surface area contributed by atoms with Crippen LogP contribution in [0.15, 0.2) is 17.0 Å². The molecule has 0 N–H and O–H groups in total. The molecule has 0 atom stereocenters. The van der Waals surface area contributed by atoms with Gasteiger partial charge < -0.3 is 4.55 Å². The van der Waals surface area contributed by atoms with E-state index in [9.17, 15) is 35.3 Å². The minimum Gasteiger partial charge on any atom is -0.744 e. The van der Waals surface area contributed by atoms with Crippen molar-refractivity contribution in [3.8, 4) is 0 Å². The average Bonchev–Trinajstić information content (AvgIpc) is 2.64. The van der Waals surface area contributed by atoms with Gasteiger partial charge in [0.05, 0.1) is 0 Å². The van der Waals surface area contributed by atoms with E-state index in [0.717, 1.165) is 5.56 Å². The Morgan fingerprint density at radius 2 is 1.40 bits per heavy atom. The van der Waals surface area contributed by atoms with E-state index < -0.39 is 49.6 Å². The minimum absolute atomic E-state index is 0.0851. The zero-order chi connectivity index (χ0) is 23.1. The predicted octanol–water partition coefficient (Wildman–Crippen LogP) is 5.19. The Morgan fingerprint density at radius 1 is 0.900 bits per heavy atom. The third-order valence-corrected chi connectivity index (χ3v) is 5.73. The third-order valence-electron chi connectivity index (χ3n) is 4.87. The molecule has 0 saturated heterocycles. The molecule has 2 aromatic carbocycles. The van der Waals surface area contributed by atoms with E-state index in [4.69, 9.17) is 0 Å². The van der Waals surface area contributed by atoms with Gasteiger partial charge in [0.25, 0.3) is 0 Å². The molecule has 9 heteroatoms. The molecule has 0 aliphatic heterocycles. The number of ketones is 1. The Kier molecular flexibility index (Phi) is 6.78. The van der Waals surface area contributed by atoms with E-state index in [-0.39, 0.29) is 17.4 Å². The number of carbonyl (C=O) groups is 1. The fraction of sp³-hybridized carbons (Fsp3) is 0.381. The summed E-state index contributed by atoms with van der Waals surface area (Å²) >= 11 is 0. The molecule has 0 unspecified atom stereocenters. The Hall–Kier alpha value is -2.26. The van der Waals surface area contributed by atoms with Gasteiger partial charge in [0, 0.05) is 5.56 Å². The highest BCUT2D eigenvalue weighted by Gasteiger charge is 2.34. The van der Waals surface area contributed by atoms with Gasteiger partial charge in [0.1, 0.15) is 20.6 Å². The lowest BCUT2D eigenvalue weighted by molar-refractivity contribution is 0.102. The molecule has 0 spiro atoms. The molecule has 0 bridgehead atoms. The first kappa shape index (κ1) is 24.0. The van der Waals surface area contributed by atoms with E-state index in [2.05, 4.69) is 0 Å². The molecular weight excluding hydrogens is 424 g/mol. The van der Waals surface area contributed by atoms with Crippen LogP contribution in [0, 0.1) is 23.3 Å².